The Morgan fingerprint density at radius 2 is 2.12 bits per heavy atom. The molecule has 0 fully saturated rings. The quantitative estimate of drug-likeness (QED) is 0.739. The van der Waals surface area contributed by atoms with Crippen molar-refractivity contribution in [2.24, 2.45) is 5.92 Å². The zero-order valence-electron chi connectivity index (χ0n) is 14.9. The molecule has 1 amide bonds. The molecule has 0 saturated heterocycles. The van der Waals surface area contributed by atoms with Crippen molar-refractivity contribution >= 4 is 17.5 Å². The maximum atomic E-state index is 12.3. The van der Waals surface area contributed by atoms with Gasteiger partial charge in [0, 0.05) is 24.2 Å². The van der Waals surface area contributed by atoms with Crippen LogP contribution in [0.1, 0.15) is 29.9 Å². The lowest BCUT2D eigenvalue weighted by Crippen LogP contribution is -2.31. The Morgan fingerprint density at radius 3 is 2.77 bits per heavy atom. The summed E-state index contributed by atoms with van der Waals surface area (Å²) >= 11 is 5.94. The molecule has 2 rings (SSSR count). The number of nitrogens with zero attached hydrogens (tertiary/aromatic N) is 1. The van der Waals surface area contributed by atoms with Gasteiger partial charge in [0.2, 0.25) is 5.43 Å². The minimum absolute atomic E-state index is 0.110. The van der Waals surface area contributed by atoms with Crippen LogP contribution in [0.3, 0.4) is 0 Å². The molecule has 0 aliphatic heterocycles. The van der Waals surface area contributed by atoms with E-state index in [1.54, 1.807) is 18.2 Å². The monoisotopic (exact) mass is 378 g/mol. The summed E-state index contributed by atoms with van der Waals surface area (Å²) in [4.78, 5) is 24.6. The summed E-state index contributed by atoms with van der Waals surface area (Å²) in [6.45, 7) is 4.65. The van der Waals surface area contributed by atoms with Gasteiger partial charge in [0.15, 0.2) is 5.75 Å². The highest BCUT2D eigenvalue weighted by Crippen LogP contribution is 2.14. The molecule has 26 heavy (non-hydrogen) atoms. The number of aliphatic hydroxyl groups is 1. The minimum Gasteiger partial charge on any atom is -0.483 e. The number of hydrogen-bond donors (Lipinski definition) is 2. The molecule has 140 valence electrons. The van der Waals surface area contributed by atoms with E-state index in [0.717, 1.165) is 5.56 Å². The van der Waals surface area contributed by atoms with Crippen molar-refractivity contribution in [3.63, 3.8) is 0 Å². The first-order valence-corrected chi connectivity index (χ1v) is 8.79. The number of nitrogens with one attached hydrogen (secondary N) is 1. The second kappa shape index (κ2) is 9.40. The second-order valence-corrected chi connectivity index (χ2v) is 6.76. The van der Waals surface area contributed by atoms with E-state index in [4.69, 9.17) is 16.3 Å². The average molecular weight is 379 g/mol. The zero-order chi connectivity index (χ0) is 19.1. The highest BCUT2D eigenvalue weighted by atomic mass is 35.5. The number of pyridine rings is 1. The molecule has 0 bridgehead atoms. The molecule has 7 heteroatoms. The number of hydrogen-bond acceptors (Lipinski definition) is 4. The molecule has 0 aliphatic carbocycles. The molecule has 0 atom stereocenters. The van der Waals surface area contributed by atoms with Crippen LogP contribution in [-0.4, -0.2) is 28.7 Å². The normalized spacial score (nSPS) is 10.8. The Kier molecular flexibility index (Phi) is 7.24. The summed E-state index contributed by atoms with van der Waals surface area (Å²) in [5.41, 5.74) is 0.625. The fourth-order valence-electron chi connectivity index (χ4n) is 2.33. The number of benzene rings is 1. The van der Waals surface area contributed by atoms with Gasteiger partial charge < -0.3 is 19.7 Å². The average Bonchev–Trinajstić information content (AvgIpc) is 2.60. The van der Waals surface area contributed by atoms with E-state index in [9.17, 15) is 14.7 Å². The lowest BCUT2D eigenvalue weighted by atomic mass is 10.2. The Bertz CT molecular complexity index is 817. The first-order chi connectivity index (χ1) is 12.4. The number of halogens is 1. The summed E-state index contributed by atoms with van der Waals surface area (Å²) in [7, 11) is 0. The summed E-state index contributed by atoms with van der Waals surface area (Å²) in [6, 6.07) is 8.38. The van der Waals surface area contributed by atoms with Gasteiger partial charge in [0.1, 0.15) is 12.3 Å². The smallest absolute Gasteiger partial charge is 0.268 e. The highest BCUT2D eigenvalue weighted by molar-refractivity contribution is 6.30. The standard InChI is InChI=1S/C19H23ClN2O4/c1-13(2)10-21-19(25)16-9-17(24)18(11-22(16)6-7-23)26-12-14-4-3-5-15(20)8-14/h3-5,8-9,11,13,23H,6-7,10,12H2,1-2H3,(H,21,25). The number of carbonyl (C=O) groups is 1. The fourth-order valence-corrected chi connectivity index (χ4v) is 2.54. The van der Waals surface area contributed by atoms with Crippen LogP contribution in [0.15, 0.2) is 41.3 Å². The SMILES string of the molecule is CC(C)CNC(=O)c1cc(=O)c(OCc2cccc(Cl)c2)cn1CCO. The number of ether oxygens (including phenoxy) is 1. The van der Waals surface area contributed by atoms with E-state index in [2.05, 4.69) is 5.32 Å². The fraction of sp³-hybridized carbons (Fsp3) is 0.368. The van der Waals surface area contributed by atoms with Gasteiger partial charge >= 0.3 is 0 Å². The zero-order valence-corrected chi connectivity index (χ0v) is 15.6. The van der Waals surface area contributed by atoms with Gasteiger partial charge in [-0.3, -0.25) is 9.59 Å². The van der Waals surface area contributed by atoms with Crippen molar-refractivity contribution in [1.29, 1.82) is 0 Å². The first kappa shape index (κ1) is 20.0. The third kappa shape index (κ3) is 5.61. The predicted octanol–water partition coefficient (Wildman–Crippen LogP) is 2.46. The van der Waals surface area contributed by atoms with Crippen molar-refractivity contribution in [3.8, 4) is 5.75 Å². The van der Waals surface area contributed by atoms with Crippen LogP contribution in [-0.2, 0) is 13.2 Å². The molecule has 1 aromatic heterocycles. The molecule has 2 N–H and O–H groups in total. The van der Waals surface area contributed by atoms with E-state index in [0.29, 0.717) is 11.6 Å². The van der Waals surface area contributed by atoms with E-state index >= 15 is 0 Å². The molecular weight excluding hydrogens is 356 g/mol. The van der Waals surface area contributed by atoms with E-state index in [-0.39, 0.29) is 43.0 Å². The van der Waals surface area contributed by atoms with Gasteiger partial charge in [-0.15, -0.1) is 0 Å². The molecule has 1 aromatic carbocycles. The molecular formula is C19H23ClN2O4. The predicted molar refractivity (Wildman–Crippen MR) is 101 cm³/mol. The third-order valence-corrected chi connectivity index (χ3v) is 3.86. The third-order valence-electron chi connectivity index (χ3n) is 3.62. The molecule has 0 aliphatic rings. The summed E-state index contributed by atoms with van der Waals surface area (Å²) in [5, 5.41) is 12.6. The lowest BCUT2D eigenvalue weighted by Gasteiger charge is -2.15. The van der Waals surface area contributed by atoms with Crippen molar-refractivity contribution in [1.82, 2.24) is 9.88 Å². The molecule has 0 unspecified atom stereocenters. The summed E-state index contributed by atoms with van der Waals surface area (Å²) < 4.78 is 7.11. The molecule has 0 spiro atoms. The van der Waals surface area contributed by atoms with Crippen LogP contribution in [0.25, 0.3) is 0 Å². The topological polar surface area (TPSA) is 80.6 Å². The number of aromatic nitrogens is 1. The Labute approximate surface area is 157 Å². The van der Waals surface area contributed by atoms with Crippen molar-refractivity contribution in [3.05, 3.63) is 63.0 Å². The van der Waals surface area contributed by atoms with Crippen LogP contribution < -0.4 is 15.5 Å². The lowest BCUT2D eigenvalue weighted by molar-refractivity contribution is 0.0937. The number of aliphatic hydroxyl groups excluding tert-OH is 1. The van der Waals surface area contributed by atoms with Gasteiger partial charge in [-0.25, -0.2) is 0 Å². The van der Waals surface area contributed by atoms with Gasteiger partial charge in [0.25, 0.3) is 5.91 Å². The highest BCUT2D eigenvalue weighted by Gasteiger charge is 2.14. The molecule has 0 saturated carbocycles. The number of carbonyl (C=O) groups excluding carboxylic acids is 1. The van der Waals surface area contributed by atoms with Crippen molar-refractivity contribution < 1.29 is 14.6 Å². The second-order valence-electron chi connectivity index (χ2n) is 6.33. The van der Waals surface area contributed by atoms with E-state index < -0.39 is 5.43 Å². The maximum absolute atomic E-state index is 12.3. The number of rotatable bonds is 8. The van der Waals surface area contributed by atoms with Crippen molar-refractivity contribution in [2.75, 3.05) is 13.2 Å². The molecule has 6 nitrogen and oxygen atoms in total. The van der Waals surface area contributed by atoms with Gasteiger partial charge in [-0.2, -0.15) is 0 Å². The summed E-state index contributed by atoms with van der Waals surface area (Å²) in [6.07, 6.45) is 1.45. The van der Waals surface area contributed by atoms with Crippen LogP contribution >= 0.6 is 11.6 Å². The molecule has 2 aromatic rings. The largest absolute Gasteiger partial charge is 0.483 e. The minimum atomic E-state index is -0.393. The van der Waals surface area contributed by atoms with Crippen LogP contribution in [0.4, 0.5) is 0 Å². The van der Waals surface area contributed by atoms with Crippen LogP contribution in [0.2, 0.25) is 5.02 Å². The van der Waals surface area contributed by atoms with Gasteiger partial charge in [0.05, 0.1) is 12.8 Å². The van der Waals surface area contributed by atoms with Crippen molar-refractivity contribution in [2.45, 2.75) is 27.0 Å². The molecule has 1 heterocycles. The maximum Gasteiger partial charge on any atom is 0.268 e. The Hall–Kier alpha value is -2.31. The number of amides is 1. The van der Waals surface area contributed by atoms with Crippen LogP contribution in [0.5, 0.6) is 5.75 Å². The van der Waals surface area contributed by atoms with Crippen LogP contribution in [0, 0.1) is 5.92 Å². The van der Waals surface area contributed by atoms with E-state index in [1.165, 1.54) is 16.8 Å². The summed E-state index contributed by atoms with van der Waals surface area (Å²) in [5.74, 6) is 0.0433. The molecule has 0 radical (unpaired) electrons. The van der Waals surface area contributed by atoms with Gasteiger partial charge in [-0.1, -0.05) is 37.6 Å². The Morgan fingerprint density at radius 1 is 1.35 bits per heavy atom. The van der Waals surface area contributed by atoms with Gasteiger partial charge in [-0.05, 0) is 23.6 Å². The Balaban J connectivity index is 2.21. The van der Waals surface area contributed by atoms with E-state index in [1.807, 2.05) is 19.9 Å². The first-order valence-electron chi connectivity index (χ1n) is 8.41.